The average Bonchev–Trinajstić information content (AvgIpc) is 3.45. The van der Waals surface area contributed by atoms with Gasteiger partial charge in [0, 0.05) is 37.8 Å². The number of hydrogen-bond acceptors (Lipinski definition) is 9. The molecular weight excluding hydrogens is 564 g/mol. The highest BCUT2D eigenvalue weighted by atomic mass is 32.2. The zero-order valence-electron chi connectivity index (χ0n) is 23.4. The summed E-state index contributed by atoms with van der Waals surface area (Å²) >= 11 is 0. The third-order valence-corrected chi connectivity index (χ3v) is 8.47. The Balaban J connectivity index is 1.30. The van der Waals surface area contributed by atoms with Gasteiger partial charge in [0.05, 0.1) is 19.3 Å². The third kappa shape index (κ3) is 7.99. The van der Waals surface area contributed by atoms with E-state index in [-0.39, 0.29) is 43.5 Å². The van der Waals surface area contributed by atoms with Gasteiger partial charge in [0.1, 0.15) is 0 Å². The van der Waals surface area contributed by atoms with E-state index in [1.165, 1.54) is 26.7 Å². The number of likely N-dealkylation sites (tertiary alicyclic amines) is 1. The van der Waals surface area contributed by atoms with Crippen molar-refractivity contribution in [1.29, 1.82) is 0 Å². The second-order valence-corrected chi connectivity index (χ2v) is 12.0. The van der Waals surface area contributed by atoms with Gasteiger partial charge in [-0.15, -0.1) is 10.2 Å². The van der Waals surface area contributed by atoms with E-state index in [0.717, 1.165) is 12.3 Å². The minimum Gasteiger partial charge on any atom is -0.478 e. The minimum atomic E-state index is -3.68. The van der Waals surface area contributed by atoms with E-state index >= 15 is 0 Å². The number of carbonyl (C=O) groups excluding carboxylic acids is 2. The monoisotopic (exact) mass is 598 g/mol. The molecule has 1 atom stereocenters. The molecule has 0 spiro atoms. The summed E-state index contributed by atoms with van der Waals surface area (Å²) < 4.78 is 31.8. The fourth-order valence-corrected chi connectivity index (χ4v) is 6.17. The molecule has 42 heavy (non-hydrogen) atoms. The van der Waals surface area contributed by atoms with E-state index in [1.54, 1.807) is 0 Å². The summed E-state index contributed by atoms with van der Waals surface area (Å²) in [6.45, 7) is 2.91. The molecule has 14 heteroatoms. The molecule has 1 aromatic heterocycles. The standard InChI is InChI=1S/C28H34N6O7S/c1-19(22-10-5-8-20-7-3-4-9-23(20)22)33-15-12-21(13-16-33)34(42(2,39)40)18-24(35)30-17-25-31-32-28(41-25)27(38)29-14-6-11-26(36)37/h3-11,19,21H,12-18H2,1-2H3,(H,29,38)(H,30,35)(H,36,37)/b11-6+. The van der Waals surface area contributed by atoms with Gasteiger partial charge >= 0.3 is 17.8 Å². The zero-order valence-corrected chi connectivity index (χ0v) is 24.2. The van der Waals surface area contributed by atoms with Crippen LogP contribution in [0.15, 0.2) is 59.0 Å². The second-order valence-electron chi connectivity index (χ2n) is 10.0. The van der Waals surface area contributed by atoms with E-state index in [9.17, 15) is 22.8 Å². The number of aromatic nitrogens is 2. The average molecular weight is 599 g/mol. The Morgan fingerprint density at radius 2 is 1.83 bits per heavy atom. The van der Waals surface area contributed by atoms with Gasteiger partial charge in [-0.1, -0.05) is 48.5 Å². The summed E-state index contributed by atoms with van der Waals surface area (Å²) in [5, 5.41) is 23.2. The Morgan fingerprint density at radius 3 is 2.55 bits per heavy atom. The van der Waals surface area contributed by atoms with Crippen LogP contribution >= 0.6 is 0 Å². The number of benzene rings is 2. The molecule has 4 rings (SSSR count). The molecule has 1 unspecified atom stereocenters. The Bertz CT molecular complexity index is 1560. The lowest BCUT2D eigenvalue weighted by atomic mass is 9.96. The number of carbonyl (C=O) groups is 3. The highest BCUT2D eigenvalue weighted by molar-refractivity contribution is 7.88. The molecule has 3 aromatic rings. The Hall–Kier alpha value is -4.14. The van der Waals surface area contributed by atoms with E-state index in [2.05, 4.69) is 63.0 Å². The van der Waals surface area contributed by atoms with Crippen molar-refractivity contribution in [2.45, 2.75) is 38.4 Å². The summed E-state index contributed by atoms with van der Waals surface area (Å²) in [5.74, 6) is -2.80. The lowest BCUT2D eigenvalue weighted by Gasteiger charge is -2.39. The number of piperidine rings is 1. The van der Waals surface area contributed by atoms with Gasteiger partial charge in [-0.2, -0.15) is 4.31 Å². The first-order chi connectivity index (χ1) is 20.0. The van der Waals surface area contributed by atoms with Gasteiger partial charge in [0.25, 0.3) is 0 Å². The quantitative estimate of drug-likeness (QED) is 0.260. The van der Waals surface area contributed by atoms with Crippen LogP contribution < -0.4 is 10.6 Å². The van der Waals surface area contributed by atoms with Crippen LogP contribution in [-0.2, 0) is 26.2 Å². The fraction of sp³-hybridized carbons (Fsp3) is 0.393. The summed E-state index contributed by atoms with van der Waals surface area (Å²) in [7, 11) is -3.68. The zero-order chi connectivity index (χ0) is 30.3. The topological polar surface area (TPSA) is 175 Å². The largest absolute Gasteiger partial charge is 0.478 e. The van der Waals surface area contributed by atoms with Gasteiger partial charge in [0.15, 0.2) is 0 Å². The molecule has 2 aromatic carbocycles. The van der Waals surface area contributed by atoms with Crippen molar-refractivity contribution in [3.8, 4) is 0 Å². The number of aliphatic carboxylic acids is 1. The Labute approximate surface area is 243 Å². The molecule has 3 N–H and O–H groups in total. The van der Waals surface area contributed by atoms with Gasteiger partial charge in [-0.25, -0.2) is 13.2 Å². The van der Waals surface area contributed by atoms with Crippen molar-refractivity contribution in [3.63, 3.8) is 0 Å². The first-order valence-corrected chi connectivity index (χ1v) is 15.3. The van der Waals surface area contributed by atoms with Crippen LogP contribution in [0.5, 0.6) is 0 Å². The predicted molar refractivity (Wildman–Crippen MR) is 154 cm³/mol. The lowest BCUT2D eigenvalue weighted by Crippen LogP contribution is -2.50. The normalized spacial score (nSPS) is 15.7. The molecule has 2 amide bonds. The van der Waals surface area contributed by atoms with Gasteiger partial charge in [-0.05, 0) is 36.1 Å². The molecule has 1 aliphatic rings. The van der Waals surface area contributed by atoms with Crippen molar-refractivity contribution in [3.05, 3.63) is 72.0 Å². The Kier molecular flexibility index (Phi) is 10.0. The molecule has 2 heterocycles. The van der Waals surface area contributed by atoms with Gasteiger partial charge in [0.2, 0.25) is 21.8 Å². The van der Waals surface area contributed by atoms with Crippen molar-refractivity contribution < 1.29 is 32.3 Å². The van der Waals surface area contributed by atoms with Crippen molar-refractivity contribution in [1.82, 2.24) is 30.0 Å². The van der Waals surface area contributed by atoms with Gasteiger partial charge < -0.3 is 20.2 Å². The molecule has 0 aliphatic carbocycles. The van der Waals surface area contributed by atoms with Crippen LogP contribution in [0.25, 0.3) is 10.8 Å². The van der Waals surface area contributed by atoms with Crippen molar-refractivity contribution >= 4 is 38.6 Å². The van der Waals surface area contributed by atoms with E-state index in [4.69, 9.17) is 9.52 Å². The molecule has 0 radical (unpaired) electrons. The molecule has 1 saturated heterocycles. The van der Waals surface area contributed by atoms with E-state index < -0.39 is 27.8 Å². The number of sulfonamides is 1. The van der Waals surface area contributed by atoms with Crippen LogP contribution in [-0.4, -0.2) is 89.2 Å². The van der Waals surface area contributed by atoms with Crippen LogP contribution in [0.1, 0.15) is 47.9 Å². The van der Waals surface area contributed by atoms with Crippen LogP contribution in [0.3, 0.4) is 0 Å². The fourth-order valence-electron chi connectivity index (χ4n) is 5.07. The van der Waals surface area contributed by atoms with Crippen molar-refractivity contribution in [2.75, 3.05) is 32.4 Å². The number of fused-ring (bicyclic) bond motifs is 1. The number of nitrogens with one attached hydrogen (secondary N) is 2. The number of carboxylic acids is 1. The number of hydrogen-bond donors (Lipinski definition) is 3. The van der Waals surface area contributed by atoms with Crippen LogP contribution in [0.4, 0.5) is 0 Å². The number of rotatable bonds is 12. The molecule has 1 fully saturated rings. The van der Waals surface area contributed by atoms with E-state index in [0.29, 0.717) is 25.9 Å². The maximum Gasteiger partial charge on any atom is 0.328 e. The smallest absolute Gasteiger partial charge is 0.328 e. The molecular formula is C28H34N6O7S. The number of nitrogens with zero attached hydrogens (tertiary/aromatic N) is 4. The number of amides is 2. The minimum absolute atomic E-state index is 0.0452. The second kappa shape index (κ2) is 13.7. The summed E-state index contributed by atoms with van der Waals surface area (Å²) in [6, 6.07) is 14.3. The summed E-state index contributed by atoms with van der Waals surface area (Å²) in [6.07, 6.45) is 4.38. The number of carboxylic acid groups (broad SMARTS) is 1. The van der Waals surface area contributed by atoms with E-state index in [1.807, 2.05) is 12.1 Å². The first-order valence-electron chi connectivity index (χ1n) is 13.5. The van der Waals surface area contributed by atoms with Crippen LogP contribution in [0.2, 0.25) is 0 Å². The SMILES string of the molecule is CC(c1cccc2ccccc12)N1CCC(N(CC(=O)NCc2nnc(C(=O)NC/C=C/C(=O)O)o2)S(C)(=O)=O)CC1. The van der Waals surface area contributed by atoms with Crippen molar-refractivity contribution in [2.24, 2.45) is 0 Å². The Morgan fingerprint density at radius 1 is 1.12 bits per heavy atom. The lowest BCUT2D eigenvalue weighted by molar-refractivity contribution is -0.131. The first kappa shape index (κ1) is 30.8. The van der Waals surface area contributed by atoms with Gasteiger partial charge in [-0.3, -0.25) is 14.5 Å². The highest BCUT2D eigenvalue weighted by Gasteiger charge is 2.33. The molecule has 13 nitrogen and oxygen atoms in total. The highest BCUT2D eigenvalue weighted by Crippen LogP contribution is 2.31. The summed E-state index contributed by atoms with van der Waals surface area (Å²) in [5.41, 5.74) is 1.22. The molecule has 0 bridgehead atoms. The molecule has 0 saturated carbocycles. The maximum absolute atomic E-state index is 12.7. The molecule has 224 valence electrons. The third-order valence-electron chi connectivity index (χ3n) is 7.19. The summed E-state index contributed by atoms with van der Waals surface area (Å²) in [4.78, 5) is 37.5. The predicted octanol–water partition coefficient (Wildman–Crippen LogP) is 1.70. The molecule has 1 aliphatic heterocycles. The van der Waals surface area contributed by atoms with Crippen LogP contribution in [0, 0.1) is 0 Å². The maximum atomic E-state index is 12.7.